The first-order chi connectivity index (χ1) is 7.79. The number of rotatable bonds is 3. The Kier molecular flexibility index (Phi) is 2.47. The van der Waals surface area contributed by atoms with E-state index in [-0.39, 0.29) is 0 Å². The highest BCUT2D eigenvalue weighted by atomic mass is 14.9. The normalized spacial score (nSPS) is 33.5. The van der Waals surface area contributed by atoms with E-state index in [9.17, 15) is 0 Å². The molecular weight excluding hydrogens is 196 g/mol. The van der Waals surface area contributed by atoms with E-state index in [1.807, 2.05) is 12.4 Å². The van der Waals surface area contributed by atoms with E-state index in [0.717, 1.165) is 17.8 Å². The van der Waals surface area contributed by atoms with E-state index in [0.29, 0.717) is 6.04 Å². The van der Waals surface area contributed by atoms with E-state index in [1.54, 1.807) is 0 Å². The van der Waals surface area contributed by atoms with Crippen molar-refractivity contribution in [1.29, 1.82) is 0 Å². The maximum Gasteiger partial charge on any atom is 0.0364 e. The topological polar surface area (TPSA) is 24.9 Å². The lowest BCUT2D eigenvalue weighted by Crippen LogP contribution is -2.25. The van der Waals surface area contributed by atoms with Gasteiger partial charge in [0.05, 0.1) is 0 Å². The summed E-state index contributed by atoms with van der Waals surface area (Å²) in [6, 6.07) is 2.64. The Morgan fingerprint density at radius 3 is 2.69 bits per heavy atom. The van der Waals surface area contributed by atoms with Crippen LogP contribution in [-0.2, 0) is 0 Å². The van der Waals surface area contributed by atoms with Gasteiger partial charge in [0.1, 0.15) is 0 Å². The molecular formula is C14H20N2. The van der Waals surface area contributed by atoms with Crippen LogP contribution >= 0.6 is 0 Å². The smallest absolute Gasteiger partial charge is 0.0364 e. The molecule has 1 aromatic rings. The number of aromatic nitrogens is 1. The van der Waals surface area contributed by atoms with Crippen LogP contribution in [0.1, 0.15) is 36.4 Å². The van der Waals surface area contributed by atoms with Crippen molar-refractivity contribution in [3.63, 3.8) is 0 Å². The number of pyridine rings is 1. The third-order valence-corrected chi connectivity index (χ3v) is 4.48. The maximum atomic E-state index is 4.28. The molecule has 0 aromatic carbocycles. The molecule has 0 saturated heterocycles. The summed E-state index contributed by atoms with van der Waals surface area (Å²) in [5, 5.41) is 3.50. The third-order valence-electron chi connectivity index (χ3n) is 4.48. The van der Waals surface area contributed by atoms with Gasteiger partial charge in [-0.3, -0.25) is 4.98 Å². The van der Waals surface area contributed by atoms with Gasteiger partial charge in [0.25, 0.3) is 0 Å². The van der Waals surface area contributed by atoms with Crippen molar-refractivity contribution in [2.24, 2.45) is 17.8 Å². The molecule has 3 unspecified atom stereocenters. The van der Waals surface area contributed by atoms with Gasteiger partial charge in [-0.05, 0) is 68.2 Å². The van der Waals surface area contributed by atoms with Gasteiger partial charge in [-0.1, -0.05) is 0 Å². The quantitative estimate of drug-likeness (QED) is 0.840. The molecule has 1 N–H and O–H groups in total. The van der Waals surface area contributed by atoms with Gasteiger partial charge in [-0.25, -0.2) is 0 Å². The lowest BCUT2D eigenvalue weighted by Gasteiger charge is -2.25. The molecule has 2 aliphatic carbocycles. The van der Waals surface area contributed by atoms with Crippen LogP contribution in [0.25, 0.3) is 0 Å². The monoisotopic (exact) mass is 216 g/mol. The second-order valence-corrected chi connectivity index (χ2v) is 5.49. The molecule has 2 aliphatic rings. The van der Waals surface area contributed by atoms with Crippen LogP contribution in [0, 0.1) is 24.7 Å². The summed E-state index contributed by atoms with van der Waals surface area (Å²) in [7, 11) is 2.08. The molecule has 2 fully saturated rings. The Morgan fingerprint density at radius 1 is 1.31 bits per heavy atom. The van der Waals surface area contributed by atoms with Gasteiger partial charge >= 0.3 is 0 Å². The summed E-state index contributed by atoms with van der Waals surface area (Å²) in [6.07, 6.45) is 8.27. The van der Waals surface area contributed by atoms with Gasteiger partial charge in [-0.15, -0.1) is 0 Å². The first-order valence-electron chi connectivity index (χ1n) is 6.37. The molecule has 0 radical (unpaired) electrons. The number of fused-ring (bicyclic) bond motifs is 1. The Morgan fingerprint density at radius 2 is 2.06 bits per heavy atom. The number of aryl methyl sites for hydroxylation is 1. The van der Waals surface area contributed by atoms with E-state index >= 15 is 0 Å². The second-order valence-electron chi connectivity index (χ2n) is 5.49. The molecule has 3 atom stereocenters. The highest BCUT2D eigenvalue weighted by molar-refractivity contribution is 5.26. The fourth-order valence-corrected chi connectivity index (χ4v) is 3.48. The summed E-state index contributed by atoms with van der Waals surface area (Å²) in [4.78, 5) is 4.28. The number of hydrogen-bond donors (Lipinski definition) is 1. The van der Waals surface area contributed by atoms with Crippen molar-refractivity contribution in [1.82, 2.24) is 10.3 Å². The zero-order valence-corrected chi connectivity index (χ0v) is 10.1. The fraction of sp³-hybridized carbons (Fsp3) is 0.643. The molecule has 2 nitrogen and oxygen atoms in total. The molecule has 1 aromatic heterocycles. The largest absolute Gasteiger partial charge is 0.313 e. The lowest BCUT2D eigenvalue weighted by molar-refractivity contribution is 0.358. The van der Waals surface area contributed by atoms with Gasteiger partial charge in [0, 0.05) is 18.4 Å². The summed E-state index contributed by atoms with van der Waals surface area (Å²) < 4.78 is 0. The van der Waals surface area contributed by atoms with Crippen molar-refractivity contribution >= 4 is 0 Å². The average Bonchev–Trinajstić information content (AvgIpc) is 2.90. The molecule has 2 saturated carbocycles. The van der Waals surface area contributed by atoms with Crippen LogP contribution in [0.5, 0.6) is 0 Å². The van der Waals surface area contributed by atoms with E-state index < -0.39 is 0 Å². The van der Waals surface area contributed by atoms with Crippen molar-refractivity contribution < 1.29 is 0 Å². The summed E-state index contributed by atoms with van der Waals surface area (Å²) in [6.45, 7) is 2.19. The molecule has 0 spiro atoms. The molecule has 2 heteroatoms. The fourth-order valence-electron chi connectivity index (χ4n) is 3.48. The standard InChI is InChI=1S/C14H20N2/c1-9-3-4-16-8-13(9)14(15-2)12-6-10-5-11(10)7-12/h3-4,8,10-12,14-15H,5-7H2,1-2H3. The molecule has 3 rings (SSSR count). The lowest BCUT2D eigenvalue weighted by atomic mass is 9.88. The molecule has 16 heavy (non-hydrogen) atoms. The van der Waals surface area contributed by atoms with Crippen LogP contribution in [-0.4, -0.2) is 12.0 Å². The molecule has 0 bridgehead atoms. The van der Waals surface area contributed by atoms with Crippen molar-refractivity contribution in [3.05, 3.63) is 29.6 Å². The zero-order valence-electron chi connectivity index (χ0n) is 10.1. The Bertz CT molecular complexity index is 378. The third kappa shape index (κ3) is 1.65. The summed E-state index contributed by atoms with van der Waals surface area (Å²) in [5.74, 6) is 2.94. The number of nitrogens with zero attached hydrogens (tertiary/aromatic N) is 1. The minimum absolute atomic E-state index is 0.515. The summed E-state index contributed by atoms with van der Waals surface area (Å²) >= 11 is 0. The van der Waals surface area contributed by atoms with Gasteiger partial charge in [-0.2, -0.15) is 0 Å². The van der Waals surface area contributed by atoms with Gasteiger partial charge < -0.3 is 5.32 Å². The van der Waals surface area contributed by atoms with Crippen molar-refractivity contribution in [2.75, 3.05) is 7.05 Å². The van der Waals surface area contributed by atoms with Crippen LogP contribution < -0.4 is 5.32 Å². The number of nitrogens with one attached hydrogen (secondary N) is 1. The maximum absolute atomic E-state index is 4.28. The average molecular weight is 216 g/mol. The van der Waals surface area contributed by atoms with Gasteiger partial charge in [0.15, 0.2) is 0 Å². The minimum Gasteiger partial charge on any atom is -0.313 e. The predicted octanol–water partition coefficient (Wildman–Crippen LogP) is 2.70. The highest BCUT2D eigenvalue weighted by Gasteiger charge is 2.47. The first-order valence-corrected chi connectivity index (χ1v) is 6.37. The second kappa shape index (κ2) is 3.85. The first kappa shape index (κ1) is 10.3. The minimum atomic E-state index is 0.515. The van der Waals surface area contributed by atoms with E-state index in [1.165, 1.54) is 30.4 Å². The van der Waals surface area contributed by atoms with Crippen LogP contribution in [0.15, 0.2) is 18.5 Å². The van der Waals surface area contributed by atoms with Crippen LogP contribution in [0.4, 0.5) is 0 Å². The van der Waals surface area contributed by atoms with E-state index in [4.69, 9.17) is 0 Å². The zero-order chi connectivity index (χ0) is 11.1. The SMILES string of the molecule is CNC(c1cnccc1C)C1CC2CC2C1. The van der Waals surface area contributed by atoms with Crippen LogP contribution in [0.3, 0.4) is 0 Å². The molecule has 1 heterocycles. The summed E-state index contributed by atoms with van der Waals surface area (Å²) in [5.41, 5.74) is 2.77. The van der Waals surface area contributed by atoms with Gasteiger partial charge in [0.2, 0.25) is 0 Å². The van der Waals surface area contributed by atoms with Crippen molar-refractivity contribution in [3.8, 4) is 0 Å². The Labute approximate surface area is 97.5 Å². The Balaban J connectivity index is 1.82. The molecule has 86 valence electrons. The highest BCUT2D eigenvalue weighted by Crippen LogP contribution is 2.57. The molecule has 0 amide bonds. The predicted molar refractivity (Wildman–Crippen MR) is 65.1 cm³/mol. The van der Waals surface area contributed by atoms with E-state index in [2.05, 4.69) is 30.3 Å². The number of hydrogen-bond acceptors (Lipinski definition) is 2. The van der Waals surface area contributed by atoms with Crippen LogP contribution in [0.2, 0.25) is 0 Å². The Hall–Kier alpha value is -0.890. The van der Waals surface area contributed by atoms with Crippen molar-refractivity contribution in [2.45, 2.75) is 32.2 Å². The molecule has 0 aliphatic heterocycles.